The van der Waals surface area contributed by atoms with Crippen LogP contribution in [0.2, 0.25) is 0 Å². The molecule has 0 aromatic heterocycles. The van der Waals surface area contributed by atoms with Gasteiger partial charge in [-0.25, -0.2) is 0 Å². The van der Waals surface area contributed by atoms with Crippen molar-refractivity contribution in [3.63, 3.8) is 0 Å². The summed E-state index contributed by atoms with van der Waals surface area (Å²) in [7, 11) is -5.47. The highest BCUT2D eigenvalue weighted by Gasteiger charge is 2.50. The second kappa shape index (κ2) is 4.45. The zero-order valence-corrected chi connectivity index (χ0v) is 9.36. The monoisotopic (exact) mass is 248 g/mol. The number of hydrogen-bond donors (Lipinski definition) is 2. The van der Waals surface area contributed by atoms with Crippen molar-refractivity contribution >= 4 is 13.7 Å². The molecule has 0 aliphatic heterocycles. The van der Waals surface area contributed by atoms with E-state index in [-0.39, 0.29) is 0 Å². The molecule has 0 amide bonds. The maximum Gasteiger partial charge on any atom is 0.399 e. The normalized spacial score (nSPS) is 13.3. The molecule has 0 heterocycles. The third-order valence-electron chi connectivity index (χ3n) is 1.98. The van der Waals surface area contributed by atoms with Crippen molar-refractivity contribution in [3.05, 3.63) is 41.5 Å². The van der Waals surface area contributed by atoms with Gasteiger partial charge in [-0.1, -0.05) is 36.4 Å². The van der Waals surface area contributed by atoms with E-state index in [0.717, 1.165) is 12.1 Å². The van der Waals surface area contributed by atoms with Gasteiger partial charge in [0.25, 0.3) is 0 Å². The molecule has 0 bridgehead atoms. The molecule has 3 nitrogen and oxygen atoms in total. The summed E-state index contributed by atoms with van der Waals surface area (Å²) in [5.74, 6) is 0. The standard InChI is InChI=1S/C10H11F2O3P/c1-2-3-8-4-6-9(7-5-8)10(11,12)16(13,14)15/h2-7H,1H3,(H2,13,14,15). The lowest BCUT2D eigenvalue weighted by molar-refractivity contribution is 0.0564. The average molecular weight is 248 g/mol. The molecule has 88 valence electrons. The van der Waals surface area contributed by atoms with Gasteiger partial charge in [-0.05, 0) is 12.5 Å². The predicted molar refractivity (Wildman–Crippen MR) is 57.1 cm³/mol. The first-order valence-electron chi connectivity index (χ1n) is 4.45. The van der Waals surface area contributed by atoms with Crippen LogP contribution in [0.5, 0.6) is 0 Å². The van der Waals surface area contributed by atoms with Crippen LogP contribution in [0, 0.1) is 0 Å². The zero-order chi connectivity index (χ0) is 12.4. The van der Waals surface area contributed by atoms with Crippen LogP contribution in [0.1, 0.15) is 18.1 Å². The Morgan fingerprint density at radius 3 is 2.12 bits per heavy atom. The van der Waals surface area contributed by atoms with Crippen LogP contribution in [0.15, 0.2) is 30.3 Å². The Morgan fingerprint density at radius 1 is 1.25 bits per heavy atom. The summed E-state index contributed by atoms with van der Waals surface area (Å²) in [4.78, 5) is 17.0. The van der Waals surface area contributed by atoms with E-state index in [2.05, 4.69) is 0 Å². The molecule has 0 atom stereocenters. The fourth-order valence-electron chi connectivity index (χ4n) is 1.16. The Bertz CT molecular complexity index is 434. The largest absolute Gasteiger partial charge is 0.399 e. The number of allylic oxidation sites excluding steroid dienone is 1. The summed E-state index contributed by atoms with van der Waals surface area (Å²) in [5.41, 5.74) is -4.14. The Hall–Kier alpha value is -1.03. The maximum atomic E-state index is 13.2. The van der Waals surface area contributed by atoms with E-state index < -0.39 is 18.8 Å². The molecule has 2 N–H and O–H groups in total. The van der Waals surface area contributed by atoms with Crippen molar-refractivity contribution in [2.75, 3.05) is 0 Å². The van der Waals surface area contributed by atoms with E-state index in [1.54, 1.807) is 19.1 Å². The summed E-state index contributed by atoms with van der Waals surface area (Å²) < 4.78 is 37.0. The van der Waals surface area contributed by atoms with Crippen molar-refractivity contribution in [2.45, 2.75) is 12.6 Å². The number of alkyl halides is 2. The topological polar surface area (TPSA) is 57.5 Å². The first-order chi connectivity index (χ1) is 7.29. The van der Waals surface area contributed by atoms with Gasteiger partial charge in [-0.3, -0.25) is 4.57 Å². The smallest absolute Gasteiger partial charge is 0.320 e. The van der Waals surface area contributed by atoms with Crippen molar-refractivity contribution in [2.24, 2.45) is 0 Å². The molecule has 1 aromatic carbocycles. The second-order valence-electron chi connectivity index (χ2n) is 3.21. The molecule has 0 radical (unpaired) electrons. The highest BCUT2D eigenvalue weighted by Crippen LogP contribution is 2.59. The third kappa shape index (κ3) is 2.55. The highest BCUT2D eigenvalue weighted by atomic mass is 31.2. The molecule has 0 spiro atoms. The minimum atomic E-state index is -5.47. The summed E-state index contributed by atoms with van der Waals surface area (Å²) in [6, 6.07) is 4.76. The third-order valence-corrected chi connectivity index (χ3v) is 2.97. The molecular weight excluding hydrogens is 237 g/mol. The first-order valence-corrected chi connectivity index (χ1v) is 6.07. The molecule has 0 saturated carbocycles. The summed E-state index contributed by atoms with van der Waals surface area (Å²) >= 11 is 0. The number of halogens is 2. The first kappa shape index (κ1) is 13.0. The summed E-state index contributed by atoms with van der Waals surface area (Å²) in [5, 5.41) is 0. The summed E-state index contributed by atoms with van der Waals surface area (Å²) in [6.45, 7) is 1.78. The summed E-state index contributed by atoms with van der Waals surface area (Å²) in [6.07, 6.45) is 3.43. The van der Waals surface area contributed by atoms with Gasteiger partial charge in [0.2, 0.25) is 0 Å². The zero-order valence-electron chi connectivity index (χ0n) is 8.47. The number of hydrogen-bond acceptors (Lipinski definition) is 1. The van der Waals surface area contributed by atoms with Crippen molar-refractivity contribution < 1.29 is 23.1 Å². The fourth-order valence-corrected chi connectivity index (χ4v) is 1.64. The van der Waals surface area contributed by atoms with Crippen LogP contribution in [0.25, 0.3) is 6.08 Å². The Labute approximate surface area is 91.6 Å². The van der Waals surface area contributed by atoms with Crippen LogP contribution < -0.4 is 0 Å². The van der Waals surface area contributed by atoms with Gasteiger partial charge in [-0.2, -0.15) is 8.78 Å². The van der Waals surface area contributed by atoms with E-state index >= 15 is 0 Å². The number of rotatable bonds is 3. The van der Waals surface area contributed by atoms with Gasteiger partial charge in [0.05, 0.1) is 0 Å². The molecule has 0 fully saturated rings. The quantitative estimate of drug-likeness (QED) is 0.808. The Kier molecular flexibility index (Phi) is 3.63. The van der Waals surface area contributed by atoms with Crippen molar-refractivity contribution in [1.82, 2.24) is 0 Å². The van der Waals surface area contributed by atoms with Crippen LogP contribution in [0.3, 0.4) is 0 Å². The van der Waals surface area contributed by atoms with Gasteiger partial charge in [0.15, 0.2) is 0 Å². The average Bonchev–Trinajstić information content (AvgIpc) is 2.17. The van der Waals surface area contributed by atoms with Crippen LogP contribution >= 0.6 is 7.60 Å². The van der Waals surface area contributed by atoms with E-state index in [1.165, 1.54) is 12.1 Å². The lowest BCUT2D eigenvalue weighted by Crippen LogP contribution is -2.13. The van der Waals surface area contributed by atoms with Crippen LogP contribution in [-0.4, -0.2) is 9.79 Å². The van der Waals surface area contributed by atoms with E-state index in [1.807, 2.05) is 0 Å². The van der Waals surface area contributed by atoms with Gasteiger partial charge >= 0.3 is 13.3 Å². The molecule has 0 aliphatic rings. The SMILES string of the molecule is CC=Cc1ccc(C(F)(F)P(=O)(O)O)cc1. The molecule has 0 unspecified atom stereocenters. The highest BCUT2D eigenvalue weighted by molar-refractivity contribution is 7.52. The molecular formula is C10H11F2O3P. The fraction of sp³-hybridized carbons (Fsp3) is 0.200. The predicted octanol–water partition coefficient (Wildman–Crippen LogP) is 2.95. The van der Waals surface area contributed by atoms with E-state index in [0.29, 0.717) is 5.56 Å². The lowest BCUT2D eigenvalue weighted by Gasteiger charge is -2.17. The van der Waals surface area contributed by atoms with Gasteiger partial charge in [0, 0.05) is 5.56 Å². The van der Waals surface area contributed by atoms with E-state index in [4.69, 9.17) is 9.79 Å². The van der Waals surface area contributed by atoms with Crippen LogP contribution in [0.4, 0.5) is 8.78 Å². The van der Waals surface area contributed by atoms with Gasteiger partial charge < -0.3 is 9.79 Å². The lowest BCUT2D eigenvalue weighted by atomic mass is 10.1. The molecule has 6 heteroatoms. The Balaban J connectivity index is 3.11. The van der Waals surface area contributed by atoms with Gasteiger partial charge in [-0.15, -0.1) is 0 Å². The van der Waals surface area contributed by atoms with Crippen molar-refractivity contribution in [3.8, 4) is 0 Å². The molecule has 1 rings (SSSR count). The maximum absolute atomic E-state index is 13.2. The van der Waals surface area contributed by atoms with Crippen LogP contribution in [-0.2, 0) is 10.2 Å². The molecule has 16 heavy (non-hydrogen) atoms. The minimum Gasteiger partial charge on any atom is -0.320 e. The van der Waals surface area contributed by atoms with Crippen molar-refractivity contribution in [1.29, 1.82) is 0 Å². The molecule has 0 saturated heterocycles. The number of benzene rings is 1. The molecule has 0 aliphatic carbocycles. The molecule has 1 aromatic rings. The van der Waals surface area contributed by atoms with E-state index in [9.17, 15) is 13.3 Å². The second-order valence-corrected chi connectivity index (χ2v) is 4.86. The Morgan fingerprint density at radius 2 is 1.75 bits per heavy atom. The minimum absolute atomic E-state index is 0.686. The van der Waals surface area contributed by atoms with Gasteiger partial charge in [0.1, 0.15) is 0 Å².